The lowest BCUT2D eigenvalue weighted by molar-refractivity contribution is -0.143. The lowest BCUT2D eigenvalue weighted by Gasteiger charge is -2.29. The summed E-state index contributed by atoms with van der Waals surface area (Å²) in [6.45, 7) is 7.64. The Morgan fingerprint density at radius 1 is 1.29 bits per heavy atom. The van der Waals surface area contributed by atoms with Gasteiger partial charge in [-0.25, -0.2) is 4.98 Å². The van der Waals surface area contributed by atoms with E-state index in [1.807, 2.05) is 12.1 Å². The maximum Gasteiger partial charge on any atom is 0.325 e. The number of benzene rings is 1. The quantitative estimate of drug-likeness (QED) is 0.330. The number of anilines is 1. The molecule has 7 nitrogen and oxygen atoms in total. The number of nitrogens with one attached hydrogen (secondary N) is 1. The number of aryl methyl sites for hydroxylation is 2. The molecule has 0 radical (unpaired) electrons. The Balaban J connectivity index is 1.29. The van der Waals surface area contributed by atoms with Crippen molar-refractivity contribution in [2.24, 2.45) is 0 Å². The van der Waals surface area contributed by atoms with E-state index in [-0.39, 0.29) is 5.92 Å². The smallest absolute Gasteiger partial charge is 0.325 e. The van der Waals surface area contributed by atoms with Gasteiger partial charge in [-0.3, -0.25) is 9.69 Å². The van der Waals surface area contributed by atoms with Crippen LogP contribution >= 0.6 is 11.6 Å². The molecule has 0 unspecified atom stereocenters. The average molecular weight is 543 g/mol. The molecule has 1 saturated heterocycles. The number of likely N-dealkylation sites (N-methyl/N-ethyl adjacent to an activating group) is 1. The summed E-state index contributed by atoms with van der Waals surface area (Å²) in [6, 6.07) is 7.81. The molecule has 0 amide bonds. The molecule has 2 aliphatic heterocycles. The van der Waals surface area contributed by atoms with E-state index in [0.29, 0.717) is 28.9 Å². The van der Waals surface area contributed by atoms with E-state index in [9.17, 15) is 9.90 Å². The number of aromatic nitrogens is 1. The number of ether oxygens (including phenoxy) is 1. The van der Waals surface area contributed by atoms with Gasteiger partial charge in [0, 0.05) is 36.9 Å². The summed E-state index contributed by atoms with van der Waals surface area (Å²) >= 11 is 6.51. The zero-order chi connectivity index (χ0) is 27.2. The molecule has 2 aromatic rings. The minimum absolute atomic E-state index is 0.240. The fraction of sp³-hybridized carbons (Fsp3) is 0.600. The van der Waals surface area contributed by atoms with E-state index in [2.05, 4.69) is 48.1 Å². The number of unbranched alkanes of at least 4 members (excludes halogenated alkanes) is 2. The molecule has 2 atom stereocenters. The van der Waals surface area contributed by atoms with Crippen molar-refractivity contribution in [2.45, 2.75) is 76.8 Å². The summed E-state index contributed by atoms with van der Waals surface area (Å²) in [4.78, 5) is 21.8. The zero-order valence-electron chi connectivity index (χ0n) is 23.3. The van der Waals surface area contributed by atoms with Gasteiger partial charge in [0.15, 0.2) is 0 Å². The standard InChI is InChI=1S/C30H43ClN4O3/c1-20(2)22-17-25(28(38-4)26(31)18-22)27(30(36)37)35-16-13-24(19-35)34(3)15-7-5-6-10-23-12-11-21-9-8-14-32-29(21)33-23/h11-12,17-18,20,24,27H,5-10,13-16,19H2,1-4H3,(H,32,33)(H,36,37)/t24-,27+/m1/s1. The van der Waals surface area contributed by atoms with E-state index >= 15 is 0 Å². The number of rotatable bonds is 12. The second-order valence-corrected chi connectivity index (χ2v) is 11.5. The Morgan fingerprint density at radius 3 is 2.84 bits per heavy atom. The van der Waals surface area contributed by atoms with E-state index < -0.39 is 12.0 Å². The van der Waals surface area contributed by atoms with Crippen molar-refractivity contribution < 1.29 is 14.6 Å². The van der Waals surface area contributed by atoms with E-state index in [1.54, 1.807) is 7.11 Å². The van der Waals surface area contributed by atoms with E-state index in [1.165, 1.54) is 17.7 Å². The first-order chi connectivity index (χ1) is 18.3. The van der Waals surface area contributed by atoms with Crippen LogP contribution in [0.25, 0.3) is 0 Å². The molecule has 1 fully saturated rings. The second-order valence-electron chi connectivity index (χ2n) is 11.1. The Hall–Kier alpha value is -2.35. The highest BCUT2D eigenvalue weighted by Gasteiger charge is 2.37. The molecule has 0 aliphatic carbocycles. The largest absolute Gasteiger partial charge is 0.495 e. The number of nitrogens with zero attached hydrogens (tertiary/aromatic N) is 3. The SMILES string of the molecule is COc1c(Cl)cc(C(C)C)cc1[C@@H](C(=O)O)N1CC[C@@H](N(C)CCCCCc2ccc3c(n2)NCCC3)C1. The van der Waals surface area contributed by atoms with Crippen molar-refractivity contribution in [3.63, 3.8) is 0 Å². The van der Waals surface area contributed by atoms with Crippen LogP contribution in [0.5, 0.6) is 5.75 Å². The Bertz CT molecular complexity index is 1110. The Morgan fingerprint density at radius 2 is 2.11 bits per heavy atom. The van der Waals surface area contributed by atoms with Gasteiger partial charge in [-0.1, -0.05) is 37.9 Å². The van der Waals surface area contributed by atoms with Gasteiger partial charge in [0.25, 0.3) is 0 Å². The predicted molar refractivity (Wildman–Crippen MR) is 154 cm³/mol. The van der Waals surface area contributed by atoms with Crippen LogP contribution < -0.4 is 10.1 Å². The van der Waals surface area contributed by atoms with Crippen molar-refractivity contribution in [3.05, 3.63) is 51.7 Å². The Kier molecular flexibility index (Phi) is 9.91. The highest BCUT2D eigenvalue weighted by molar-refractivity contribution is 6.32. The summed E-state index contributed by atoms with van der Waals surface area (Å²) in [5, 5.41) is 14.1. The number of halogens is 1. The predicted octanol–water partition coefficient (Wildman–Crippen LogP) is 5.77. The molecule has 208 valence electrons. The molecular formula is C30H43ClN4O3. The van der Waals surface area contributed by atoms with Gasteiger partial charge < -0.3 is 20.1 Å². The van der Waals surface area contributed by atoms with Crippen LogP contribution in [0.1, 0.15) is 80.3 Å². The molecule has 0 saturated carbocycles. The topological polar surface area (TPSA) is 77.9 Å². The Labute approximate surface area is 232 Å². The number of carbonyl (C=O) groups is 1. The van der Waals surface area contributed by atoms with Gasteiger partial charge in [0.2, 0.25) is 0 Å². The number of fused-ring (bicyclic) bond motifs is 1. The number of carboxylic acids is 1. The number of pyridine rings is 1. The molecule has 1 aromatic heterocycles. The van der Waals surface area contributed by atoms with Gasteiger partial charge >= 0.3 is 5.97 Å². The minimum Gasteiger partial charge on any atom is -0.495 e. The van der Waals surface area contributed by atoms with Gasteiger partial charge in [0.1, 0.15) is 17.6 Å². The fourth-order valence-corrected chi connectivity index (χ4v) is 6.08. The molecule has 1 aromatic carbocycles. The van der Waals surface area contributed by atoms with Crippen LogP contribution in [0.4, 0.5) is 5.82 Å². The summed E-state index contributed by atoms with van der Waals surface area (Å²) in [5.41, 5.74) is 4.18. The first kappa shape index (κ1) is 28.7. The average Bonchev–Trinajstić information content (AvgIpc) is 3.37. The van der Waals surface area contributed by atoms with Gasteiger partial charge in [-0.05, 0) is 87.4 Å². The molecule has 0 spiro atoms. The number of likely N-dealkylation sites (tertiary alicyclic amines) is 1. The molecule has 3 heterocycles. The highest BCUT2D eigenvalue weighted by atomic mass is 35.5. The molecular weight excluding hydrogens is 500 g/mol. The van der Waals surface area contributed by atoms with E-state index in [0.717, 1.165) is 69.5 Å². The van der Waals surface area contributed by atoms with Crippen LogP contribution in [-0.2, 0) is 17.6 Å². The molecule has 4 rings (SSSR count). The minimum atomic E-state index is -0.866. The molecule has 8 heteroatoms. The second kappa shape index (κ2) is 13.1. The normalized spacial score (nSPS) is 18.4. The van der Waals surface area contributed by atoms with Gasteiger partial charge in [-0.2, -0.15) is 0 Å². The maximum atomic E-state index is 12.5. The van der Waals surface area contributed by atoms with Crippen molar-refractivity contribution in [1.29, 1.82) is 0 Å². The third-order valence-electron chi connectivity index (χ3n) is 8.07. The van der Waals surface area contributed by atoms with E-state index in [4.69, 9.17) is 21.3 Å². The number of methoxy groups -OCH3 is 1. The number of carboxylic acid groups (broad SMARTS) is 1. The molecule has 38 heavy (non-hydrogen) atoms. The van der Waals surface area contributed by atoms with Crippen molar-refractivity contribution in [3.8, 4) is 5.75 Å². The summed E-state index contributed by atoms with van der Waals surface area (Å²) < 4.78 is 5.57. The van der Waals surface area contributed by atoms with Crippen molar-refractivity contribution in [2.75, 3.05) is 45.7 Å². The summed E-state index contributed by atoms with van der Waals surface area (Å²) in [7, 11) is 3.72. The fourth-order valence-electron chi connectivity index (χ4n) is 5.77. The zero-order valence-corrected chi connectivity index (χ0v) is 24.1. The maximum absolute atomic E-state index is 12.5. The third-order valence-corrected chi connectivity index (χ3v) is 8.35. The summed E-state index contributed by atoms with van der Waals surface area (Å²) in [6.07, 6.45) is 7.68. The van der Waals surface area contributed by atoms with Crippen LogP contribution in [0.15, 0.2) is 24.3 Å². The highest BCUT2D eigenvalue weighted by Crippen LogP contribution is 2.39. The number of aliphatic carboxylic acids is 1. The number of hydrogen-bond acceptors (Lipinski definition) is 6. The van der Waals surface area contributed by atoms with Gasteiger partial charge in [-0.15, -0.1) is 0 Å². The van der Waals surface area contributed by atoms with Gasteiger partial charge in [0.05, 0.1) is 12.1 Å². The monoisotopic (exact) mass is 542 g/mol. The summed E-state index contributed by atoms with van der Waals surface area (Å²) in [5.74, 6) is 0.914. The number of hydrogen-bond donors (Lipinski definition) is 2. The van der Waals surface area contributed by atoms with Crippen molar-refractivity contribution in [1.82, 2.24) is 14.8 Å². The lowest BCUT2D eigenvalue weighted by atomic mass is 9.96. The van der Waals surface area contributed by atoms with Crippen LogP contribution in [-0.4, -0.2) is 72.2 Å². The lowest BCUT2D eigenvalue weighted by Crippen LogP contribution is -2.38. The van der Waals surface area contributed by atoms with Crippen LogP contribution in [0.3, 0.4) is 0 Å². The molecule has 2 N–H and O–H groups in total. The third kappa shape index (κ3) is 6.80. The van der Waals surface area contributed by atoms with Crippen LogP contribution in [0, 0.1) is 0 Å². The van der Waals surface area contributed by atoms with Crippen LogP contribution in [0.2, 0.25) is 5.02 Å². The molecule has 0 bridgehead atoms. The first-order valence-electron chi connectivity index (χ1n) is 14.1. The molecule has 2 aliphatic rings. The first-order valence-corrected chi connectivity index (χ1v) is 14.4. The van der Waals surface area contributed by atoms with Crippen molar-refractivity contribution >= 4 is 23.4 Å².